The zero-order chi connectivity index (χ0) is 16.4. The van der Waals surface area contributed by atoms with Crippen LogP contribution >= 0.6 is 0 Å². The van der Waals surface area contributed by atoms with Crippen LogP contribution in [0.2, 0.25) is 0 Å². The number of carbonyl (C=O) groups excluding carboxylic acids is 1. The molecule has 3 heterocycles. The van der Waals surface area contributed by atoms with Crippen LogP contribution in [-0.2, 0) is 4.74 Å². The predicted octanol–water partition coefficient (Wildman–Crippen LogP) is -0.940. The van der Waals surface area contributed by atoms with E-state index in [1.165, 1.54) is 0 Å². The minimum Gasteiger partial charge on any atom is -0.390 e. The van der Waals surface area contributed by atoms with E-state index in [-0.39, 0.29) is 11.9 Å². The van der Waals surface area contributed by atoms with Crippen molar-refractivity contribution in [2.75, 3.05) is 58.4 Å². The fraction of sp³-hybridized carbons (Fsp3) is 0.667. The average molecular weight is 321 g/mol. The van der Waals surface area contributed by atoms with Gasteiger partial charge in [0, 0.05) is 52.7 Å². The number of anilines is 1. The van der Waals surface area contributed by atoms with Crippen LogP contribution in [0.15, 0.2) is 12.4 Å². The third-order valence-electron chi connectivity index (χ3n) is 4.35. The van der Waals surface area contributed by atoms with Crippen LogP contribution in [0.5, 0.6) is 0 Å². The number of aliphatic hydroxyl groups is 1. The highest BCUT2D eigenvalue weighted by Gasteiger charge is 2.38. The normalized spacial score (nSPS) is 25.6. The maximum absolute atomic E-state index is 12.6. The van der Waals surface area contributed by atoms with Gasteiger partial charge in [-0.3, -0.25) is 9.69 Å². The first-order valence-electron chi connectivity index (χ1n) is 7.85. The fourth-order valence-corrected chi connectivity index (χ4v) is 3.05. The zero-order valence-electron chi connectivity index (χ0n) is 13.6. The molecule has 2 fully saturated rings. The van der Waals surface area contributed by atoms with Crippen molar-refractivity contribution >= 4 is 11.9 Å². The third kappa shape index (κ3) is 3.44. The van der Waals surface area contributed by atoms with Crippen molar-refractivity contribution in [1.29, 1.82) is 0 Å². The summed E-state index contributed by atoms with van der Waals surface area (Å²) in [5.74, 6) is 0.430. The molecule has 0 saturated carbocycles. The largest absolute Gasteiger partial charge is 0.390 e. The number of hydrogen-bond donors (Lipinski definition) is 1. The predicted molar refractivity (Wildman–Crippen MR) is 84.4 cm³/mol. The Morgan fingerprint density at radius 3 is 2.52 bits per heavy atom. The van der Waals surface area contributed by atoms with Gasteiger partial charge >= 0.3 is 0 Å². The molecule has 0 unspecified atom stereocenters. The molecule has 8 nitrogen and oxygen atoms in total. The van der Waals surface area contributed by atoms with Crippen molar-refractivity contribution in [2.24, 2.45) is 0 Å². The summed E-state index contributed by atoms with van der Waals surface area (Å²) in [6.07, 6.45) is 2.55. The zero-order valence-corrected chi connectivity index (χ0v) is 13.6. The molecule has 0 aliphatic carbocycles. The Balaban J connectivity index is 1.66. The van der Waals surface area contributed by atoms with Gasteiger partial charge < -0.3 is 19.6 Å². The van der Waals surface area contributed by atoms with Crippen LogP contribution in [0.3, 0.4) is 0 Å². The second-order valence-electron chi connectivity index (χ2n) is 6.16. The van der Waals surface area contributed by atoms with E-state index in [0.717, 1.165) is 13.1 Å². The maximum Gasteiger partial charge on any atom is 0.257 e. The molecule has 1 amide bonds. The Bertz CT molecular complexity index is 545. The Morgan fingerprint density at radius 2 is 1.91 bits per heavy atom. The molecule has 0 bridgehead atoms. The smallest absolute Gasteiger partial charge is 0.257 e. The minimum absolute atomic E-state index is 0.0233. The van der Waals surface area contributed by atoms with E-state index in [0.29, 0.717) is 37.8 Å². The lowest BCUT2D eigenvalue weighted by Crippen LogP contribution is -2.49. The number of likely N-dealkylation sites (tertiary alicyclic amines) is 1. The number of ether oxygens (including phenoxy) is 1. The molecule has 1 aromatic heterocycles. The number of nitrogens with zero attached hydrogens (tertiary/aromatic N) is 5. The lowest BCUT2D eigenvalue weighted by molar-refractivity contribution is -0.00611. The summed E-state index contributed by atoms with van der Waals surface area (Å²) < 4.78 is 5.34. The number of morpholine rings is 1. The van der Waals surface area contributed by atoms with Gasteiger partial charge in [-0.15, -0.1) is 0 Å². The highest BCUT2D eigenvalue weighted by Crippen LogP contribution is 2.19. The molecule has 0 spiro atoms. The monoisotopic (exact) mass is 321 g/mol. The quantitative estimate of drug-likeness (QED) is 0.769. The molecule has 2 saturated heterocycles. The molecule has 0 radical (unpaired) electrons. The lowest BCUT2D eigenvalue weighted by atomic mass is 10.1. The van der Waals surface area contributed by atoms with Crippen LogP contribution in [0, 0.1) is 0 Å². The molecule has 1 N–H and O–H groups in total. The van der Waals surface area contributed by atoms with E-state index >= 15 is 0 Å². The van der Waals surface area contributed by atoms with Crippen molar-refractivity contribution < 1.29 is 14.6 Å². The highest BCUT2D eigenvalue weighted by atomic mass is 16.5. The number of carbonyl (C=O) groups is 1. The second-order valence-corrected chi connectivity index (χ2v) is 6.16. The Labute approximate surface area is 135 Å². The van der Waals surface area contributed by atoms with E-state index in [1.54, 1.807) is 22.2 Å². The molecule has 2 aliphatic heterocycles. The van der Waals surface area contributed by atoms with Crippen LogP contribution < -0.4 is 4.90 Å². The van der Waals surface area contributed by atoms with Crippen molar-refractivity contribution in [3.8, 4) is 0 Å². The first-order valence-corrected chi connectivity index (χ1v) is 7.85. The first-order chi connectivity index (χ1) is 11.1. The lowest BCUT2D eigenvalue weighted by Gasteiger charge is -2.33. The van der Waals surface area contributed by atoms with E-state index in [9.17, 15) is 9.90 Å². The summed E-state index contributed by atoms with van der Waals surface area (Å²) >= 11 is 0. The van der Waals surface area contributed by atoms with Gasteiger partial charge in [0.25, 0.3) is 5.91 Å². The van der Waals surface area contributed by atoms with Crippen LogP contribution in [-0.4, -0.2) is 96.4 Å². The molecular formula is C15H23N5O3. The molecule has 23 heavy (non-hydrogen) atoms. The van der Waals surface area contributed by atoms with Gasteiger partial charge in [-0.2, -0.15) is 0 Å². The molecule has 1 aromatic rings. The summed E-state index contributed by atoms with van der Waals surface area (Å²) in [6.45, 7) is 3.81. The third-order valence-corrected chi connectivity index (χ3v) is 4.35. The standard InChI is InChI=1S/C15H23N5O3/c1-18(2)15-16-7-11(8-17-15)14(22)20-9-12(13(21)10-20)19-3-5-23-6-4-19/h7-8,12-13,21H,3-6,9-10H2,1-2H3/t12-,13-/m1/s1. The molecular weight excluding hydrogens is 298 g/mol. The maximum atomic E-state index is 12.6. The summed E-state index contributed by atoms with van der Waals surface area (Å²) in [4.78, 5) is 26.6. The number of hydrogen-bond acceptors (Lipinski definition) is 7. The van der Waals surface area contributed by atoms with Crippen molar-refractivity contribution in [2.45, 2.75) is 12.1 Å². The van der Waals surface area contributed by atoms with Gasteiger partial charge in [0.2, 0.25) is 5.95 Å². The average Bonchev–Trinajstić information content (AvgIpc) is 2.97. The van der Waals surface area contributed by atoms with E-state index in [2.05, 4.69) is 14.9 Å². The highest BCUT2D eigenvalue weighted by molar-refractivity contribution is 5.94. The minimum atomic E-state index is -0.529. The van der Waals surface area contributed by atoms with E-state index < -0.39 is 6.10 Å². The Hall–Kier alpha value is -1.77. The molecule has 0 aromatic carbocycles. The molecule has 8 heteroatoms. The number of aromatic nitrogens is 2. The molecule has 3 rings (SSSR count). The van der Waals surface area contributed by atoms with Gasteiger partial charge in [-0.1, -0.05) is 0 Å². The van der Waals surface area contributed by atoms with Crippen LogP contribution in [0.25, 0.3) is 0 Å². The van der Waals surface area contributed by atoms with Crippen LogP contribution in [0.4, 0.5) is 5.95 Å². The molecule has 126 valence electrons. The fourth-order valence-electron chi connectivity index (χ4n) is 3.05. The van der Waals surface area contributed by atoms with Gasteiger partial charge in [0.05, 0.1) is 30.9 Å². The molecule has 2 aliphatic rings. The van der Waals surface area contributed by atoms with Gasteiger partial charge in [-0.25, -0.2) is 9.97 Å². The first kappa shape index (κ1) is 16.1. The van der Waals surface area contributed by atoms with Crippen molar-refractivity contribution in [3.05, 3.63) is 18.0 Å². The number of β-amino-alcohol motifs (C(OH)–C–C–N with tert-alkyl or cyclic N) is 1. The number of rotatable bonds is 3. The summed E-state index contributed by atoms with van der Waals surface area (Å²) in [5, 5.41) is 10.3. The van der Waals surface area contributed by atoms with Crippen LogP contribution in [0.1, 0.15) is 10.4 Å². The molecule has 2 atom stereocenters. The second kappa shape index (κ2) is 6.77. The van der Waals surface area contributed by atoms with E-state index in [4.69, 9.17) is 4.74 Å². The topological polar surface area (TPSA) is 82.0 Å². The van der Waals surface area contributed by atoms with Crippen molar-refractivity contribution in [3.63, 3.8) is 0 Å². The van der Waals surface area contributed by atoms with Gasteiger partial charge in [-0.05, 0) is 0 Å². The number of amides is 1. The van der Waals surface area contributed by atoms with Crippen molar-refractivity contribution in [1.82, 2.24) is 19.8 Å². The summed E-state index contributed by atoms with van der Waals surface area (Å²) in [5.41, 5.74) is 0.449. The SMILES string of the molecule is CN(C)c1ncc(C(=O)N2C[C@@H](O)[C@H](N3CCOCC3)C2)cn1. The van der Waals surface area contributed by atoms with Gasteiger partial charge in [0.1, 0.15) is 0 Å². The van der Waals surface area contributed by atoms with E-state index in [1.807, 2.05) is 14.1 Å². The number of aliphatic hydroxyl groups excluding tert-OH is 1. The Morgan fingerprint density at radius 1 is 1.26 bits per heavy atom. The summed E-state index contributed by atoms with van der Waals surface area (Å²) in [6, 6.07) is -0.0233. The Kier molecular flexibility index (Phi) is 4.74. The van der Waals surface area contributed by atoms with Gasteiger partial charge in [0.15, 0.2) is 0 Å². The summed E-state index contributed by atoms with van der Waals surface area (Å²) in [7, 11) is 3.70.